The Morgan fingerprint density at radius 3 is 1.20 bits per heavy atom. The van der Waals surface area contributed by atoms with Crippen molar-refractivity contribution in [2.45, 2.75) is 6.82 Å². The third kappa shape index (κ3) is 25.5. The van der Waals surface area contributed by atoms with Crippen LogP contribution in [0.2, 0.25) is 6.82 Å². The maximum absolute atomic E-state index is 2.00. The molecule has 5 heavy (non-hydrogen) atoms. The summed E-state index contributed by atoms with van der Waals surface area (Å²) in [6, 6.07) is 0. The van der Waals surface area contributed by atoms with Gasteiger partial charge in [0.15, 0.2) is 17.4 Å². The van der Waals surface area contributed by atoms with E-state index in [9.17, 15) is 0 Å². The van der Waals surface area contributed by atoms with E-state index >= 15 is 0 Å². The number of hydrogen-bond donors (Lipinski definition) is 0. The molecule has 0 heterocycles. The summed E-state index contributed by atoms with van der Waals surface area (Å²) in [6.07, 6.45) is 0. The molecule has 0 aliphatic carbocycles. The molecule has 0 aliphatic rings. The first kappa shape index (κ1) is 29.0. The normalized spacial score (nSPS) is 1.00. The maximum atomic E-state index is 2.00. The Labute approximate surface area is 70.4 Å². The predicted octanol–water partition coefficient (Wildman–Crippen LogP) is -1.52. The maximum Gasteiger partial charge on any atom is 0.187 e. The number of hydrogen-bond acceptors (Lipinski definition) is 0. The summed E-state index contributed by atoms with van der Waals surface area (Å²) < 4.78 is 0. The molecule has 0 bridgehead atoms. The second kappa shape index (κ2) is 40.6. The zero-order valence-corrected chi connectivity index (χ0v) is 5.52. The fraction of sp³-hybridized carbons (Fsp3) is 1.00. The van der Waals surface area contributed by atoms with Gasteiger partial charge in [0.1, 0.15) is 0 Å². The Balaban J connectivity index is -0.00000000167. The quantitative estimate of drug-likeness (QED) is 0.379. The van der Waals surface area contributed by atoms with Gasteiger partial charge < -0.3 is 0 Å². The molecule has 0 aromatic carbocycles. The van der Waals surface area contributed by atoms with E-state index in [1.165, 1.54) is 0 Å². The van der Waals surface area contributed by atoms with Crippen LogP contribution in [0.1, 0.15) is 0 Å². The van der Waals surface area contributed by atoms with Crippen molar-refractivity contribution in [2.24, 2.45) is 0 Å². The third-order valence-electron chi connectivity index (χ3n) is 0. The predicted molar refractivity (Wildman–Crippen MR) is 24.3 cm³/mol. The molecule has 0 aromatic heterocycles. The van der Waals surface area contributed by atoms with Crippen molar-refractivity contribution in [3.8, 4) is 0 Å². The molecule has 0 fully saturated rings. The summed E-state index contributed by atoms with van der Waals surface area (Å²) >= 11 is 0. The van der Waals surface area contributed by atoms with E-state index in [-0.39, 0.29) is 56.1 Å². The Morgan fingerprint density at radius 2 is 1.20 bits per heavy atom. The molecule has 0 aliphatic heterocycles. The van der Waals surface area contributed by atoms with Gasteiger partial charge in [0.05, 0.1) is 7.85 Å². The SMILES string of the molecule is BC.[AlH3].[Fe].[Ti]. The molecule has 0 atom stereocenters. The van der Waals surface area contributed by atoms with E-state index in [4.69, 9.17) is 0 Å². The molecule has 0 nitrogen and oxygen atoms in total. The van der Waals surface area contributed by atoms with Crippen molar-refractivity contribution in [3.63, 3.8) is 0 Å². The Hall–Kier alpha value is 1.83. The van der Waals surface area contributed by atoms with Gasteiger partial charge in [-0.1, -0.05) is 6.82 Å². The van der Waals surface area contributed by atoms with Crippen LogP contribution in [0.15, 0.2) is 0 Å². The molecule has 0 radical (unpaired) electrons. The van der Waals surface area contributed by atoms with Crippen LogP contribution in [0.4, 0.5) is 0 Å². The molecule has 0 N–H and O–H groups in total. The molecule has 0 unspecified atom stereocenters. The van der Waals surface area contributed by atoms with Crippen LogP contribution in [-0.2, 0) is 38.8 Å². The molecule has 0 rings (SSSR count). The van der Waals surface area contributed by atoms with E-state index in [0.29, 0.717) is 0 Å². The van der Waals surface area contributed by atoms with Crippen LogP contribution in [0, 0.1) is 0 Å². The van der Waals surface area contributed by atoms with Crippen LogP contribution >= 0.6 is 0 Å². The van der Waals surface area contributed by atoms with Gasteiger partial charge in [0, 0.05) is 38.8 Å². The summed E-state index contributed by atoms with van der Waals surface area (Å²) in [6.45, 7) is 2.00. The molecular weight excluding hydrogens is 154 g/mol. The Bertz CT molecular complexity index is 11.6. The van der Waals surface area contributed by atoms with Gasteiger partial charge in [0.25, 0.3) is 0 Å². The van der Waals surface area contributed by atoms with Crippen molar-refractivity contribution in [1.82, 2.24) is 0 Å². The van der Waals surface area contributed by atoms with Crippen molar-refractivity contribution in [1.29, 1.82) is 0 Å². The van der Waals surface area contributed by atoms with Crippen LogP contribution in [0.25, 0.3) is 0 Å². The minimum absolute atomic E-state index is 0. The van der Waals surface area contributed by atoms with Gasteiger partial charge in [0.2, 0.25) is 0 Å². The fourth-order valence-corrected chi connectivity index (χ4v) is 0. The molecule has 30 valence electrons. The molecule has 0 saturated carbocycles. The average molecular weight is 162 g/mol. The van der Waals surface area contributed by atoms with Crippen LogP contribution in [-0.4, -0.2) is 25.2 Å². The first-order valence-electron chi connectivity index (χ1n) is 1.00. The molecule has 0 aromatic rings. The van der Waals surface area contributed by atoms with E-state index in [0.717, 1.165) is 0 Å². The van der Waals surface area contributed by atoms with Gasteiger partial charge in [-0.25, -0.2) is 0 Å². The van der Waals surface area contributed by atoms with Crippen LogP contribution < -0.4 is 0 Å². The van der Waals surface area contributed by atoms with Gasteiger partial charge in [-0.15, -0.1) is 0 Å². The molecule has 4 heteroatoms. The molecule has 0 saturated heterocycles. The van der Waals surface area contributed by atoms with Crippen LogP contribution in [0.5, 0.6) is 0 Å². The summed E-state index contributed by atoms with van der Waals surface area (Å²) in [5.41, 5.74) is 0. The Kier molecular flexibility index (Phi) is 235. The van der Waals surface area contributed by atoms with Gasteiger partial charge in [-0.05, 0) is 0 Å². The third-order valence-corrected chi connectivity index (χ3v) is 0. The molecular formula is CH8AlBFeTi. The van der Waals surface area contributed by atoms with Crippen LogP contribution in [0.3, 0.4) is 0 Å². The first-order valence-corrected chi connectivity index (χ1v) is 1.00. The minimum atomic E-state index is 0. The van der Waals surface area contributed by atoms with E-state index in [2.05, 4.69) is 0 Å². The first-order chi connectivity index (χ1) is 1.00. The zero-order chi connectivity index (χ0) is 2.00. The number of rotatable bonds is 0. The second-order valence-electron chi connectivity index (χ2n) is 0. The van der Waals surface area contributed by atoms with E-state index < -0.39 is 0 Å². The topological polar surface area (TPSA) is 0 Å². The van der Waals surface area contributed by atoms with Crippen molar-refractivity contribution in [3.05, 3.63) is 0 Å². The zero-order valence-electron chi connectivity index (χ0n) is 2.85. The van der Waals surface area contributed by atoms with Gasteiger partial charge in [-0.2, -0.15) is 0 Å². The summed E-state index contributed by atoms with van der Waals surface area (Å²) in [7, 11) is 2.00. The van der Waals surface area contributed by atoms with E-state index in [1.54, 1.807) is 0 Å². The largest absolute Gasteiger partial charge is 0.187 e. The summed E-state index contributed by atoms with van der Waals surface area (Å²) in [4.78, 5) is 0. The van der Waals surface area contributed by atoms with Crippen molar-refractivity contribution >= 4 is 25.2 Å². The van der Waals surface area contributed by atoms with Crippen molar-refractivity contribution < 1.29 is 38.8 Å². The average Bonchev–Trinajstić information content (AvgIpc) is 1.00. The molecule has 0 amide bonds. The fourth-order valence-electron chi connectivity index (χ4n) is 0. The summed E-state index contributed by atoms with van der Waals surface area (Å²) in [5, 5.41) is 0. The molecule has 0 spiro atoms. The van der Waals surface area contributed by atoms with E-state index in [1.807, 2.05) is 14.7 Å². The van der Waals surface area contributed by atoms with Crippen molar-refractivity contribution in [2.75, 3.05) is 0 Å². The second-order valence-corrected chi connectivity index (χ2v) is 0. The van der Waals surface area contributed by atoms with Gasteiger partial charge in [-0.3, -0.25) is 0 Å². The monoisotopic (exact) mass is 162 g/mol. The minimum Gasteiger partial charge on any atom is -0.0927 e. The summed E-state index contributed by atoms with van der Waals surface area (Å²) in [5.74, 6) is 0. The smallest absolute Gasteiger partial charge is 0.0927 e. The Morgan fingerprint density at radius 1 is 1.20 bits per heavy atom. The standard InChI is InChI=1S/CH5B.Al.Fe.Ti.3H/c1-2;;;;;;/h2H2,1H3;;;;;;. The van der Waals surface area contributed by atoms with Gasteiger partial charge >= 0.3 is 0 Å².